The molecule has 17 heavy (non-hydrogen) atoms. The van der Waals surface area contributed by atoms with E-state index in [9.17, 15) is 4.79 Å². The Morgan fingerprint density at radius 3 is 2.41 bits per heavy atom. The van der Waals surface area contributed by atoms with E-state index in [4.69, 9.17) is 9.94 Å². The monoisotopic (exact) mass is 244 g/mol. The average Bonchev–Trinajstić information content (AvgIpc) is 2.17. The highest BCUT2D eigenvalue weighted by atomic mass is 16.6. The number of hydrogen-bond donors (Lipinski definition) is 2. The molecule has 0 spiro atoms. The van der Waals surface area contributed by atoms with E-state index in [0.717, 1.165) is 12.8 Å². The van der Waals surface area contributed by atoms with Gasteiger partial charge in [-0.15, -0.1) is 0 Å². The molecule has 0 aromatic heterocycles. The summed E-state index contributed by atoms with van der Waals surface area (Å²) in [6.45, 7) is 9.69. The average molecular weight is 244 g/mol. The summed E-state index contributed by atoms with van der Waals surface area (Å²) in [4.78, 5) is 11.6. The van der Waals surface area contributed by atoms with Crippen molar-refractivity contribution in [3.63, 3.8) is 0 Å². The molecule has 0 aromatic rings. The second-order valence-electron chi connectivity index (χ2n) is 4.70. The molecule has 0 aliphatic heterocycles. The van der Waals surface area contributed by atoms with Crippen molar-refractivity contribution in [3.05, 3.63) is 0 Å². The molecular weight excluding hydrogens is 220 g/mol. The minimum absolute atomic E-state index is 0.329. The fourth-order valence-electron chi connectivity index (χ4n) is 1.95. The predicted octanol–water partition coefficient (Wildman–Crippen LogP) is 2.78. The zero-order valence-electron chi connectivity index (χ0n) is 11.4. The molecule has 0 rings (SSSR count). The van der Waals surface area contributed by atoms with Crippen LogP contribution in [-0.4, -0.2) is 29.2 Å². The van der Waals surface area contributed by atoms with Crippen LogP contribution in [0.25, 0.3) is 0 Å². The molecule has 0 aliphatic carbocycles. The lowest BCUT2D eigenvalue weighted by atomic mass is 9.86. The Hall–Kier alpha value is -1.26. The second-order valence-corrected chi connectivity index (χ2v) is 4.70. The quantitative estimate of drug-likeness (QED) is 0.429. The van der Waals surface area contributed by atoms with Gasteiger partial charge in [0.15, 0.2) is 0 Å². The zero-order valence-corrected chi connectivity index (χ0v) is 11.4. The number of carbonyl (C=O) groups excluding carboxylic acids is 1. The highest BCUT2D eigenvalue weighted by Crippen LogP contribution is 2.27. The first kappa shape index (κ1) is 15.7. The van der Waals surface area contributed by atoms with Gasteiger partial charge < -0.3 is 15.3 Å². The summed E-state index contributed by atoms with van der Waals surface area (Å²) in [6, 6.07) is -0.356. The minimum Gasteiger partial charge on any atom is -0.443 e. The number of nitrogens with one attached hydrogen (secondary N) is 1. The van der Waals surface area contributed by atoms with Gasteiger partial charge in [-0.2, -0.15) is 0 Å². The van der Waals surface area contributed by atoms with Crippen LogP contribution in [-0.2, 0) is 4.74 Å². The molecule has 0 saturated heterocycles. The fourth-order valence-corrected chi connectivity index (χ4v) is 1.95. The van der Waals surface area contributed by atoms with E-state index >= 15 is 0 Å². The summed E-state index contributed by atoms with van der Waals surface area (Å²) in [5, 5.41) is 13.8. The maximum atomic E-state index is 11.6. The molecule has 0 saturated carbocycles. The van der Waals surface area contributed by atoms with Crippen molar-refractivity contribution in [2.24, 2.45) is 11.1 Å². The SMILES string of the molecule is CCC(CC)C(C)(C)OC(=O)NC(C)/C=N/O. The summed E-state index contributed by atoms with van der Waals surface area (Å²) in [6.07, 6.45) is 2.66. The number of nitrogens with zero attached hydrogens (tertiary/aromatic N) is 1. The molecule has 0 aliphatic rings. The Morgan fingerprint density at radius 2 is 2.00 bits per heavy atom. The van der Waals surface area contributed by atoms with Crippen molar-refractivity contribution < 1.29 is 14.7 Å². The van der Waals surface area contributed by atoms with Gasteiger partial charge in [0.05, 0.1) is 12.3 Å². The van der Waals surface area contributed by atoms with Crippen LogP contribution in [0.3, 0.4) is 0 Å². The molecule has 2 N–H and O–H groups in total. The predicted molar refractivity (Wildman–Crippen MR) is 67.5 cm³/mol. The third-order valence-corrected chi connectivity index (χ3v) is 2.96. The number of hydrogen-bond acceptors (Lipinski definition) is 4. The van der Waals surface area contributed by atoms with E-state index in [-0.39, 0.29) is 6.04 Å². The maximum Gasteiger partial charge on any atom is 0.408 e. The van der Waals surface area contributed by atoms with Gasteiger partial charge in [0.1, 0.15) is 5.60 Å². The zero-order chi connectivity index (χ0) is 13.5. The van der Waals surface area contributed by atoms with E-state index in [2.05, 4.69) is 24.3 Å². The topological polar surface area (TPSA) is 70.9 Å². The van der Waals surface area contributed by atoms with Crippen molar-refractivity contribution in [1.29, 1.82) is 0 Å². The third kappa shape index (κ3) is 5.56. The van der Waals surface area contributed by atoms with Gasteiger partial charge >= 0.3 is 6.09 Å². The molecule has 0 fully saturated rings. The Kier molecular flexibility index (Phi) is 6.61. The standard InChI is InChI=1S/C12H24N2O3/c1-6-10(7-2)12(4,5)17-11(15)14-9(3)8-13-16/h8-10,16H,6-7H2,1-5H3,(H,14,15)/b13-8+. The van der Waals surface area contributed by atoms with Crippen molar-refractivity contribution in [2.75, 3.05) is 0 Å². The summed E-state index contributed by atoms with van der Waals surface area (Å²) in [5.74, 6) is 0.329. The fraction of sp³-hybridized carbons (Fsp3) is 0.833. The summed E-state index contributed by atoms with van der Waals surface area (Å²) in [7, 11) is 0. The van der Waals surface area contributed by atoms with Crippen molar-refractivity contribution >= 4 is 12.3 Å². The van der Waals surface area contributed by atoms with Crippen LogP contribution in [0.15, 0.2) is 5.16 Å². The largest absolute Gasteiger partial charge is 0.443 e. The van der Waals surface area contributed by atoms with Gasteiger partial charge in [-0.1, -0.05) is 19.0 Å². The Balaban J connectivity index is 4.35. The van der Waals surface area contributed by atoms with Crippen LogP contribution in [0.5, 0.6) is 0 Å². The van der Waals surface area contributed by atoms with E-state index in [0.29, 0.717) is 5.92 Å². The van der Waals surface area contributed by atoms with Gasteiger partial charge in [-0.25, -0.2) is 4.79 Å². The Bertz CT molecular complexity index is 260. The van der Waals surface area contributed by atoms with Crippen LogP contribution in [0.2, 0.25) is 0 Å². The van der Waals surface area contributed by atoms with E-state index in [1.807, 2.05) is 13.8 Å². The summed E-state index contributed by atoms with van der Waals surface area (Å²) < 4.78 is 5.41. The molecule has 5 heteroatoms. The number of carbonyl (C=O) groups is 1. The van der Waals surface area contributed by atoms with Crippen LogP contribution >= 0.6 is 0 Å². The van der Waals surface area contributed by atoms with Crippen molar-refractivity contribution in [3.8, 4) is 0 Å². The van der Waals surface area contributed by atoms with Crippen LogP contribution in [0, 0.1) is 5.92 Å². The number of oxime groups is 1. The molecule has 5 nitrogen and oxygen atoms in total. The molecular formula is C12H24N2O3. The second kappa shape index (κ2) is 7.14. The van der Waals surface area contributed by atoms with Crippen molar-refractivity contribution in [2.45, 2.75) is 59.1 Å². The lowest BCUT2D eigenvalue weighted by molar-refractivity contribution is -0.00918. The first-order valence-electron chi connectivity index (χ1n) is 6.04. The van der Waals surface area contributed by atoms with Crippen LogP contribution in [0.1, 0.15) is 47.5 Å². The molecule has 0 heterocycles. The highest BCUT2D eigenvalue weighted by molar-refractivity contribution is 5.74. The van der Waals surface area contributed by atoms with E-state index < -0.39 is 11.7 Å². The van der Waals surface area contributed by atoms with Gasteiger partial charge in [0, 0.05) is 0 Å². The molecule has 100 valence electrons. The minimum atomic E-state index is -0.496. The smallest absolute Gasteiger partial charge is 0.408 e. The third-order valence-electron chi connectivity index (χ3n) is 2.96. The number of ether oxygens (including phenoxy) is 1. The molecule has 1 amide bonds. The lowest BCUT2D eigenvalue weighted by Gasteiger charge is -2.33. The number of amides is 1. The Labute approximate surface area is 103 Å². The molecule has 1 unspecified atom stereocenters. The van der Waals surface area contributed by atoms with Crippen LogP contribution in [0.4, 0.5) is 4.79 Å². The summed E-state index contributed by atoms with van der Waals surface area (Å²) >= 11 is 0. The Morgan fingerprint density at radius 1 is 1.47 bits per heavy atom. The first-order chi connectivity index (χ1) is 7.87. The molecule has 0 bridgehead atoms. The van der Waals surface area contributed by atoms with Gasteiger partial charge in [-0.3, -0.25) is 0 Å². The maximum absolute atomic E-state index is 11.6. The first-order valence-corrected chi connectivity index (χ1v) is 6.04. The molecule has 0 aromatic carbocycles. The number of rotatable bonds is 6. The van der Waals surface area contributed by atoms with Gasteiger partial charge in [-0.05, 0) is 39.5 Å². The molecule has 1 atom stereocenters. The lowest BCUT2D eigenvalue weighted by Crippen LogP contribution is -2.43. The van der Waals surface area contributed by atoms with E-state index in [1.54, 1.807) is 6.92 Å². The van der Waals surface area contributed by atoms with Gasteiger partial charge in [0.25, 0.3) is 0 Å². The molecule has 0 radical (unpaired) electrons. The summed E-state index contributed by atoms with van der Waals surface area (Å²) in [5.41, 5.74) is -0.496. The highest BCUT2D eigenvalue weighted by Gasteiger charge is 2.31. The number of alkyl carbamates (subject to hydrolysis) is 1. The van der Waals surface area contributed by atoms with Crippen LogP contribution < -0.4 is 5.32 Å². The van der Waals surface area contributed by atoms with Crippen molar-refractivity contribution in [1.82, 2.24) is 5.32 Å². The van der Waals surface area contributed by atoms with Gasteiger partial charge in [0.2, 0.25) is 0 Å². The van der Waals surface area contributed by atoms with E-state index in [1.165, 1.54) is 6.21 Å². The normalized spacial score (nSPS) is 14.0.